The number of nitrogens with zero attached hydrogens (tertiary/aromatic N) is 2. The molecule has 0 fully saturated rings. The van der Waals surface area contributed by atoms with Gasteiger partial charge in [-0.1, -0.05) is 41.9 Å². The Kier molecular flexibility index (Phi) is 4.22. The molecule has 1 heterocycles. The van der Waals surface area contributed by atoms with Crippen LogP contribution in [0.15, 0.2) is 60.8 Å². The van der Waals surface area contributed by atoms with E-state index in [1.165, 1.54) is 18.2 Å². The van der Waals surface area contributed by atoms with Crippen molar-refractivity contribution >= 4 is 23.1 Å². The standard InChI is InChI=1S/C18H11ClFN3/c19-16-9-15(6-7-17(16)20)23-18-13(10-21)8-14(11-22-18)12-4-2-1-3-5-12/h1-9,11H,(H,22,23). The fourth-order valence-electron chi connectivity index (χ4n) is 2.15. The maximum atomic E-state index is 13.2. The third kappa shape index (κ3) is 3.31. The van der Waals surface area contributed by atoms with Gasteiger partial charge < -0.3 is 5.32 Å². The Balaban J connectivity index is 1.94. The van der Waals surface area contributed by atoms with Crippen LogP contribution in [0.5, 0.6) is 0 Å². The Hall–Kier alpha value is -2.90. The van der Waals surface area contributed by atoms with Crippen LogP contribution in [0.4, 0.5) is 15.9 Å². The molecule has 3 aromatic rings. The SMILES string of the molecule is N#Cc1cc(-c2ccccc2)cnc1Nc1ccc(F)c(Cl)c1. The summed E-state index contributed by atoms with van der Waals surface area (Å²) in [5, 5.41) is 12.3. The fourth-order valence-corrected chi connectivity index (χ4v) is 2.33. The molecule has 2 aromatic carbocycles. The van der Waals surface area contributed by atoms with Crippen molar-refractivity contribution in [2.75, 3.05) is 5.32 Å². The molecular weight excluding hydrogens is 313 g/mol. The molecule has 0 radical (unpaired) electrons. The van der Waals surface area contributed by atoms with Gasteiger partial charge in [0.1, 0.15) is 17.7 Å². The highest BCUT2D eigenvalue weighted by Crippen LogP contribution is 2.26. The molecule has 3 rings (SSSR count). The number of nitrogens with one attached hydrogen (secondary N) is 1. The first kappa shape index (κ1) is 15.0. The van der Waals surface area contributed by atoms with Crippen LogP contribution in [0.1, 0.15) is 5.56 Å². The van der Waals surface area contributed by atoms with E-state index in [1.807, 2.05) is 30.3 Å². The quantitative estimate of drug-likeness (QED) is 0.724. The molecular formula is C18H11ClFN3. The van der Waals surface area contributed by atoms with Crippen molar-refractivity contribution in [3.63, 3.8) is 0 Å². The van der Waals surface area contributed by atoms with Gasteiger partial charge in [-0.2, -0.15) is 5.26 Å². The van der Waals surface area contributed by atoms with E-state index in [1.54, 1.807) is 12.3 Å². The number of pyridine rings is 1. The van der Waals surface area contributed by atoms with Gasteiger partial charge in [-0.05, 0) is 29.8 Å². The molecule has 0 unspecified atom stereocenters. The van der Waals surface area contributed by atoms with Crippen molar-refractivity contribution in [3.8, 4) is 17.2 Å². The van der Waals surface area contributed by atoms with E-state index in [-0.39, 0.29) is 5.02 Å². The highest BCUT2D eigenvalue weighted by Gasteiger charge is 2.08. The van der Waals surface area contributed by atoms with Gasteiger partial charge in [0.05, 0.1) is 10.6 Å². The molecule has 112 valence electrons. The van der Waals surface area contributed by atoms with Gasteiger partial charge in [0.25, 0.3) is 0 Å². The Morgan fingerprint density at radius 3 is 2.52 bits per heavy atom. The van der Waals surface area contributed by atoms with Crippen LogP contribution in [0.3, 0.4) is 0 Å². The van der Waals surface area contributed by atoms with E-state index in [0.29, 0.717) is 17.1 Å². The van der Waals surface area contributed by atoms with Gasteiger partial charge >= 0.3 is 0 Å². The number of aromatic nitrogens is 1. The highest BCUT2D eigenvalue weighted by atomic mass is 35.5. The lowest BCUT2D eigenvalue weighted by atomic mass is 10.1. The van der Waals surface area contributed by atoms with Crippen molar-refractivity contribution < 1.29 is 4.39 Å². The van der Waals surface area contributed by atoms with Crippen molar-refractivity contribution in [3.05, 3.63) is 77.2 Å². The fraction of sp³-hybridized carbons (Fsp3) is 0. The first-order valence-corrected chi connectivity index (χ1v) is 7.23. The molecule has 1 aromatic heterocycles. The van der Waals surface area contributed by atoms with Crippen LogP contribution in [0.25, 0.3) is 11.1 Å². The maximum absolute atomic E-state index is 13.2. The summed E-state index contributed by atoms with van der Waals surface area (Å²) in [6.07, 6.45) is 1.68. The maximum Gasteiger partial charge on any atom is 0.148 e. The molecule has 0 bridgehead atoms. The number of halogens is 2. The number of benzene rings is 2. The molecule has 0 saturated carbocycles. The van der Waals surface area contributed by atoms with E-state index in [2.05, 4.69) is 16.4 Å². The number of anilines is 2. The van der Waals surface area contributed by atoms with Crippen LogP contribution in [-0.2, 0) is 0 Å². The second kappa shape index (κ2) is 6.47. The van der Waals surface area contributed by atoms with Crippen LogP contribution < -0.4 is 5.32 Å². The minimum absolute atomic E-state index is 0.00872. The van der Waals surface area contributed by atoms with Crippen LogP contribution in [0, 0.1) is 17.1 Å². The zero-order valence-corrected chi connectivity index (χ0v) is 12.7. The number of nitriles is 1. The monoisotopic (exact) mass is 323 g/mol. The molecule has 0 spiro atoms. The second-order valence-electron chi connectivity index (χ2n) is 4.85. The predicted molar refractivity (Wildman–Crippen MR) is 89.1 cm³/mol. The molecule has 0 aliphatic rings. The molecule has 23 heavy (non-hydrogen) atoms. The minimum Gasteiger partial charge on any atom is -0.339 e. The lowest BCUT2D eigenvalue weighted by molar-refractivity contribution is 0.628. The third-order valence-electron chi connectivity index (χ3n) is 3.30. The molecule has 3 nitrogen and oxygen atoms in total. The van der Waals surface area contributed by atoms with E-state index in [9.17, 15) is 9.65 Å². The number of hydrogen-bond acceptors (Lipinski definition) is 3. The summed E-state index contributed by atoms with van der Waals surface area (Å²) in [4.78, 5) is 4.30. The average molecular weight is 324 g/mol. The van der Waals surface area contributed by atoms with Gasteiger partial charge in [0.15, 0.2) is 0 Å². The summed E-state index contributed by atoms with van der Waals surface area (Å²) >= 11 is 5.76. The van der Waals surface area contributed by atoms with Crippen molar-refractivity contribution in [2.45, 2.75) is 0 Å². The second-order valence-corrected chi connectivity index (χ2v) is 5.26. The van der Waals surface area contributed by atoms with Gasteiger partial charge in [-0.25, -0.2) is 9.37 Å². The molecule has 0 aliphatic carbocycles. The van der Waals surface area contributed by atoms with Crippen molar-refractivity contribution in [1.82, 2.24) is 4.98 Å². The lowest BCUT2D eigenvalue weighted by Crippen LogP contribution is -1.98. The molecule has 5 heteroatoms. The Morgan fingerprint density at radius 2 is 1.83 bits per heavy atom. The zero-order valence-electron chi connectivity index (χ0n) is 11.9. The largest absolute Gasteiger partial charge is 0.339 e. The van der Waals surface area contributed by atoms with Gasteiger partial charge in [-0.3, -0.25) is 0 Å². The van der Waals surface area contributed by atoms with Crippen molar-refractivity contribution in [1.29, 1.82) is 5.26 Å². The predicted octanol–water partition coefficient (Wildman–Crippen LogP) is 5.16. The Bertz CT molecular complexity index is 889. The molecule has 0 atom stereocenters. The van der Waals surface area contributed by atoms with Gasteiger partial charge in [0.2, 0.25) is 0 Å². The van der Waals surface area contributed by atoms with E-state index in [4.69, 9.17) is 11.6 Å². The van der Waals surface area contributed by atoms with Crippen molar-refractivity contribution in [2.24, 2.45) is 0 Å². The van der Waals surface area contributed by atoms with Crippen LogP contribution in [0.2, 0.25) is 5.02 Å². The number of hydrogen-bond donors (Lipinski definition) is 1. The smallest absolute Gasteiger partial charge is 0.148 e. The highest BCUT2D eigenvalue weighted by molar-refractivity contribution is 6.31. The summed E-state index contributed by atoms with van der Waals surface area (Å²) in [6, 6.07) is 17.8. The van der Waals surface area contributed by atoms with Gasteiger partial charge in [0, 0.05) is 17.4 Å². The number of rotatable bonds is 3. The molecule has 0 saturated heterocycles. The average Bonchev–Trinajstić information content (AvgIpc) is 2.59. The Labute approximate surface area is 138 Å². The normalized spacial score (nSPS) is 10.1. The first-order valence-electron chi connectivity index (χ1n) is 6.85. The minimum atomic E-state index is -0.495. The van der Waals surface area contributed by atoms with Crippen LogP contribution in [-0.4, -0.2) is 4.98 Å². The molecule has 1 N–H and O–H groups in total. The van der Waals surface area contributed by atoms with Crippen LogP contribution >= 0.6 is 11.6 Å². The summed E-state index contributed by atoms with van der Waals surface area (Å²) in [5.41, 5.74) is 2.79. The molecule has 0 aliphatic heterocycles. The summed E-state index contributed by atoms with van der Waals surface area (Å²) in [7, 11) is 0. The zero-order chi connectivity index (χ0) is 16.2. The summed E-state index contributed by atoms with van der Waals surface area (Å²) in [5.74, 6) is -0.0973. The molecule has 0 amide bonds. The van der Waals surface area contributed by atoms with Gasteiger partial charge in [-0.15, -0.1) is 0 Å². The third-order valence-corrected chi connectivity index (χ3v) is 3.59. The Morgan fingerprint density at radius 1 is 1.04 bits per heavy atom. The lowest BCUT2D eigenvalue weighted by Gasteiger charge is -2.09. The van der Waals surface area contributed by atoms with E-state index in [0.717, 1.165) is 11.1 Å². The topological polar surface area (TPSA) is 48.7 Å². The summed E-state index contributed by atoms with van der Waals surface area (Å²) < 4.78 is 13.2. The van der Waals surface area contributed by atoms with E-state index < -0.39 is 5.82 Å². The summed E-state index contributed by atoms with van der Waals surface area (Å²) in [6.45, 7) is 0. The van der Waals surface area contributed by atoms with E-state index >= 15 is 0 Å². The first-order chi connectivity index (χ1) is 11.2.